The lowest BCUT2D eigenvalue weighted by Gasteiger charge is -2.41. The maximum atomic E-state index is 11.8. The summed E-state index contributed by atoms with van der Waals surface area (Å²) in [5, 5.41) is 0. The van der Waals surface area contributed by atoms with Gasteiger partial charge in [0, 0.05) is 18.3 Å². The molecule has 15 heavy (non-hydrogen) atoms. The molecule has 0 aromatic carbocycles. The lowest BCUT2D eigenvalue weighted by Crippen LogP contribution is -2.39. The summed E-state index contributed by atoms with van der Waals surface area (Å²) in [5.74, 6) is 1.25. The third kappa shape index (κ3) is 1.54. The number of carbonyl (C=O) groups is 2. The molecule has 0 amide bonds. The topological polar surface area (TPSA) is 34.1 Å². The van der Waals surface area contributed by atoms with Crippen molar-refractivity contribution < 1.29 is 9.59 Å². The molecule has 2 aliphatic rings. The molecule has 2 saturated carbocycles. The van der Waals surface area contributed by atoms with E-state index in [1.165, 1.54) is 0 Å². The fourth-order valence-corrected chi connectivity index (χ4v) is 3.93. The second-order valence-electron chi connectivity index (χ2n) is 5.56. The molecule has 2 rings (SSSR count). The second kappa shape index (κ2) is 3.73. The van der Waals surface area contributed by atoms with Gasteiger partial charge in [0.1, 0.15) is 12.1 Å². The summed E-state index contributed by atoms with van der Waals surface area (Å²) in [6.07, 6.45) is 6.06. The molecule has 0 radical (unpaired) electrons. The molecule has 0 aromatic heterocycles. The third-order valence-electron chi connectivity index (χ3n) is 4.79. The Morgan fingerprint density at radius 3 is 2.87 bits per heavy atom. The van der Waals surface area contributed by atoms with Crippen molar-refractivity contribution in [2.75, 3.05) is 0 Å². The highest BCUT2D eigenvalue weighted by Gasteiger charge is 2.52. The predicted molar refractivity (Wildman–Crippen MR) is 58.4 cm³/mol. The molecule has 2 nitrogen and oxygen atoms in total. The third-order valence-corrected chi connectivity index (χ3v) is 4.79. The summed E-state index contributed by atoms with van der Waals surface area (Å²) in [7, 11) is 0. The van der Waals surface area contributed by atoms with E-state index in [1.54, 1.807) is 0 Å². The van der Waals surface area contributed by atoms with Crippen LogP contribution < -0.4 is 0 Å². The summed E-state index contributed by atoms with van der Waals surface area (Å²) in [6.45, 7) is 4.23. The van der Waals surface area contributed by atoms with Gasteiger partial charge in [-0.05, 0) is 37.0 Å². The van der Waals surface area contributed by atoms with Gasteiger partial charge in [-0.25, -0.2) is 0 Å². The summed E-state index contributed by atoms with van der Waals surface area (Å²) >= 11 is 0. The number of hydrogen-bond acceptors (Lipinski definition) is 2. The molecule has 0 N–H and O–H groups in total. The smallest absolute Gasteiger partial charge is 0.136 e. The van der Waals surface area contributed by atoms with Crippen LogP contribution in [0.3, 0.4) is 0 Å². The van der Waals surface area contributed by atoms with Crippen LogP contribution in [0, 0.1) is 23.2 Å². The molecule has 0 aromatic rings. The Kier molecular flexibility index (Phi) is 2.70. The van der Waals surface area contributed by atoms with Crippen LogP contribution in [0.5, 0.6) is 0 Å². The number of hydrogen-bond donors (Lipinski definition) is 0. The molecule has 2 aliphatic carbocycles. The minimum atomic E-state index is 0.117. The molecule has 0 saturated heterocycles. The van der Waals surface area contributed by atoms with Crippen LogP contribution in [0.25, 0.3) is 0 Å². The van der Waals surface area contributed by atoms with Crippen LogP contribution in [0.2, 0.25) is 0 Å². The van der Waals surface area contributed by atoms with Gasteiger partial charge in [-0.3, -0.25) is 4.79 Å². The highest BCUT2D eigenvalue weighted by Crippen LogP contribution is 2.56. The van der Waals surface area contributed by atoms with Gasteiger partial charge < -0.3 is 4.79 Å². The average Bonchev–Trinajstić information content (AvgIpc) is 2.56. The summed E-state index contributed by atoms with van der Waals surface area (Å²) < 4.78 is 0. The number of aldehydes is 1. The Labute approximate surface area is 91.4 Å². The van der Waals surface area contributed by atoms with E-state index in [4.69, 9.17) is 0 Å². The standard InChI is InChI=1S/C13H20O2/c1-9(8-14)10-5-6-11-12(15)4-3-7-13(10,11)2/h8-11H,3-7H2,1-2H3/t9-,10-,11+,13-/m1/s1. The first-order valence-electron chi connectivity index (χ1n) is 6.07. The van der Waals surface area contributed by atoms with Gasteiger partial charge in [-0.1, -0.05) is 13.8 Å². The number of ketones is 1. The molecular weight excluding hydrogens is 188 g/mol. The maximum absolute atomic E-state index is 11.8. The monoisotopic (exact) mass is 208 g/mol. The predicted octanol–water partition coefficient (Wildman–Crippen LogP) is 2.61. The first-order valence-corrected chi connectivity index (χ1v) is 6.07. The van der Waals surface area contributed by atoms with Gasteiger partial charge in [0.2, 0.25) is 0 Å². The van der Waals surface area contributed by atoms with E-state index in [1.807, 2.05) is 6.92 Å². The largest absolute Gasteiger partial charge is 0.303 e. The van der Waals surface area contributed by atoms with Crippen molar-refractivity contribution in [1.82, 2.24) is 0 Å². The zero-order chi connectivity index (χ0) is 11.1. The highest BCUT2D eigenvalue weighted by atomic mass is 16.1. The van der Waals surface area contributed by atoms with Gasteiger partial charge in [0.15, 0.2) is 0 Å². The minimum Gasteiger partial charge on any atom is -0.303 e. The van der Waals surface area contributed by atoms with E-state index in [9.17, 15) is 9.59 Å². The van der Waals surface area contributed by atoms with Crippen molar-refractivity contribution >= 4 is 12.1 Å². The van der Waals surface area contributed by atoms with Crippen molar-refractivity contribution in [3.63, 3.8) is 0 Å². The fraction of sp³-hybridized carbons (Fsp3) is 0.846. The van der Waals surface area contributed by atoms with Gasteiger partial charge in [-0.15, -0.1) is 0 Å². The average molecular weight is 208 g/mol. The van der Waals surface area contributed by atoms with Crippen molar-refractivity contribution in [1.29, 1.82) is 0 Å². The normalized spacial score (nSPS) is 42.4. The number of fused-ring (bicyclic) bond motifs is 1. The van der Waals surface area contributed by atoms with Gasteiger partial charge in [0.25, 0.3) is 0 Å². The first kappa shape index (κ1) is 10.8. The zero-order valence-electron chi connectivity index (χ0n) is 9.66. The Balaban J connectivity index is 2.24. The quantitative estimate of drug-likeness (QED) is 0.654. The molecule has 2 heteroatoms. The van der Waals surface area contributed by atoms with Crippen molar-refractivity contribution in [2.24, 2.45) is 23.2 Å². The SMILES string of the molecule is C[C@H](C=O)[C@H]1CC[C@H]2C(=O)CCC[C@]12C. The summed E-state index contributed by atoms with van der Waals surface area (Å²) in [6, 6.07) is 0. The minimum absolute atomic E-state index is 0.117. The molecule has 0 aliphatic heterocycles. The van der Waals surface area contributed by atoms with Crippen LogP contribution in [-0.2, 0) is 9.59 Å². The van der Waals surface area contributed by atoms with E-state index in [2.05, 4.69) is 6.92 Å². The molecule has 4 atom stereocenters. The fourth-order valence-electron chi connectivity index (χ4n) is 3.93. The van der Waals surface area contributed by atoms with Crippen LogP contribution in [0.1, 0.15) is 46.0 Å². The van der Waals surface area contributed by atoms with Crippen molar-refractivity contribution in [3.8, 4) is 0 Å². The molecule has 0 unspecified atom stereocenters. The van der Waals surface area contributed by atoms with Crippen molar-refractivity contribution in [2.45, 2.75) is 46.0 Å². The molecule has 0 bridgehead atoms. The van der Waals surface area contributed by atoms with E-state index in [0.29, 0.717) is 11.7 Å². The van der Waals surface area contributed by atoms with E-state index in [-0.39, 0.29) is 17.3 Å². The lowest BCUT2D eigenvalue weighted by atomic mass is 9.62. The van der Waals surface area contributed by atoms with Crippen LogP contribution in [0.4, 0.5) is 0 Å². The number of carbonyl (C=O) groups excluding carboxylic acids is 2. The summed E-state index contributed by atoms with van der Waals surface area (Å²) in [5.41, 5.74) is 0.121. The molecule has 84 valence electrons. The zero-order valence-corrected chi connectivity index (χ0v) is 9.66. The summed E-state index contributed by atoms with van der Waals surface area (Å²) in [4.78, 5) is 22.8. The van der Waals surface area contributed by atoms with E-state index in [0.717, 1.165) is 38.4 Å². The second-order valence-corrected chi connectivity index (χ2v) is 5.56. The molecule has 0 heterocycles. The Morgan fingerprint density at radius 1 is 1.47 bits per heavy atom. The molecule has 2 fully saturated rings. The van der Waals surface area contributed by atoms with E-state index < -0.39 is 0 Å². The van der Waals surface area contributed by atoms with Crippen LogP contribution in [-0.4, -0.2) is 12.1 Å². The first-order chi connectivity index (χ1) is 7.09. The Morgan fingerprint density at radius 2 is 2.20 bits per heavy atom. The Hall–Kier alpha value is -0.660. The maximum Gasteiger partial charge on any atom is 0.136 e. The van der Waals surface area contributed by atoms with Crippen LogP contribution >= 0.6 is 0 Å². The lowest BCUT2D eigenvalue weighted by molar-refractivity contribution is -0.131. The molecular formula is C13H20O2. The van der Waals surface area contributed by atoms with Gasteiger partial charge in [0.05, 0.1) is 0 Å². The van der Waals surface area contributed by atoms with E-state index >= 15 is 0 Å². The van der Waals surface area contributed by atoms with Crippen LogP contribution in [0.15, 0.2) is 0 Å². The van der Waals surface area contributed by atoms with Gasteiger partial charge in [-0.2, -0.15) is 0 Å². The number of rotatable bonds is 2. The van der Waals surface area contributed by atoms with Gasteiger partial charge >= 0.3 is 0 Å². The number of Topliss-reactive ketones (excluding diaryl/α,β-unsaturated/α-hetero) is 1. The highest BCUT2D eigenvalue weighted by molar-refractivity contribution is 5.83. The van der Waals surface area contributed by atoms with Crippen molar-refractivity contribution in [3.05, 3.63) is 0 Å². The Bertz CT molecular complexity index is 284. The molecule has 0 spiro atoms.